The molecule has 0 saturated carbocycles. The number of carbonyl (C=O) groups is 1. The standard InChI is InChI=1S/C12H16Cl2N2O2.ClH/c1-3-4-12(2,15)11(18)16-7-5-8(13)10(17)9(14)6-7;/h5-6,17H,3-4,15H2,1-2H3,(H,16,18);1H. The molecule has 1 aromatic rings. The lowest BCUT2D eigenvalue weighted by Crippen LogP contribution is -2.48. The number of phenols is 1. The quantitative estimate of drug-likeness (QED) is 0.740. The van der Waals surface area contributed by atoms with Crippen LogP contribution < -0.4 is 11.1 Å². The molecule has 0 aliphatic carbocycles. The van der Waals surface area contributed by atoms with Crippen LogP contribution in [0.15, 0.2) is 12.1 Å². The second kappa shape index (κ2) is 7.20. The number of aromatic hydroxyl groups is 1. The minimum absolute atomic E-state index is 0. The number of rotatable bonds is 4. The zero-order valence-corrected chi connectivity index (χ0v) is 13.0. The van der Waals surface area contributed by atoms with Crippen LogP contribution in [0.3, 0.4) is 0 Å². The number of hydrogen-bond donors (Lipinski definition) is 3. The number of nitrogens with two attached hydrogens (primary N) is 1. The highest BCUT2D eigenvalue weighted by molar-refractivity contribution is 6.37. The van der Waals surface area contributed by atoms with E-state index in [0.717, 1.165) is 6.42 Å². The second-order valence-electron chi connectivity index (χ2n) is 4.41. The molecular weight excluding hydrogens is 311 g/mol. The Morgan fingerprint density at radius 1 is 1.42 bits per heavy atom. The van der Waals surface area contributed by atoms with Crippen LogP contribution in [-0.4, -0.2) is 16.6 Å². The third-order valence-corrected chi connectivity index (χ3v) is 3.14. The Balaban J connectivity index is 0.00000324. The van der Waals surface area contributed by atoms with E-state index in [1.54, 1.807) is 6.92 Å². The van der Waals surface area contributed by atoms with E-state index in [4.69, 9.17) is 28.9 Å². The summed E-state index contributed by atoms with van der Waals surface area (Å²) in [5.41, 5.74) is 5.35. The van der Waals surface area contributed by atoms with Crippen LogP contribution in [0, 0.1) is 0 Å². The molecule has 7 heteroatoms. The molecule has 0 fully saturated rings. The lowest BCUT2D eigenvalue weighted by Gasteiger charge is -2.23. The van der Waals surface area contributed by atoms with Gasteiger partial charge in [-0.15, -0.1) is 12.4 Å². The molecule has 0 bridgehead atoms. The summed E-state index contributed by atoms with van der Waals surface area (Å²) in [4.78, 5) is 11.9. The van der Waals surface area contributed by atoms with Crippen molar-refractivity contribution in [2.24, 2.45) is 5.73 Å². The molecule has 19 heavy (non-hydrogen) atoms. The van der Waals surface area contributed by atoms with Gasteiger partial charge in [0.05, 0.1) is 15.6 Å². The number of amides is 1. The fourth-order valence-electron chi connectivity index (χ4n) is 1.54. The molecule has 0 radical (unpaired) electrons. The Bertz CT molecular complexity index is 441. The van der Waals surface area contributed by atoms with Gasteiger partial charge >= 0.3 is 0 Å². The molecule has 0 aromatic heterocycles. The van der Waals surface area contributed by atoms with Gasteiger partial charge in [0.2, 0.25) is 5.91 Å². The number of halogens is 3. The molecule has 108 valence electrons. The maximum atomic E-state index is 11.9. The number of nitrogens with one attached hydrogen (secondary N) is 1. The Kier molecular flexibility index (Phi) is 6.94. The Labute approximate surface area is 128 Å². The first-order chi connectivity index (χ1) is 8.27. The zero-order chi connectivity index (χ0) is 13.9. The van der Waals surface area contributed by atoms with Gasteiger partial charge in [0.15, 0.2) is 5.75 Å². The first-order valence-electron chi connectivity index (χ1n) is 5.56. The average Bonchev–Trinajstić information content (AvgIpc) is 2.25. The molecule has 1 amide bonds. The van der Waals surface area contributed by atoms with Gasteiger partial charge in [-0.3, -0.25) is 4.79 Å². The van der Waals surface area contributed by atoms with Gasteiger partial charge in [-0.25, -0.2) is 0 Å². The fraction of sp³-hybridized carbons (Fsp3) is 0.417. The molecule has 0 aliphatic heterocycles. The van der Waals surface area contributed by atoms with Crippen LogP contribution in [0.1, 0.15) is 26.7 Å². The summed E-state index contributed by atoms with van der Waals surface area (Å²) < 4.78 is 0. The lowest BCUT2D eigenvalue weighted by atomic mass is 9.96. The smallest absolute Gasteiger partial charge is 0.244 e. The summed E-state index contributed by atoms with van der Waals surface area (Å²) >= 11 is 11.5. The zero-order valence-electron chi connectivity index (χ0n) is 10.7. The molecule has 1 atom stereocenters. The highest BCUT2D eigenvalue weighted by Crippen LogP contribution is 2.34. The van der Waals surface area contributed by atoms with Crippen LogP contribution >= 0.6 is 35.6 Å². The molecule has 1 unspecified atom stereocenters. The highest BCUT2D eigenvalue weighted by atomic mass is 35.5. The van der Waals surface area contributed by atoms with Crippen molar-refractivity contribution in [3.8, 4) is 5.75 Å². The van der Waals surface area contributed by atoms with Gasteiger partial charge in [0.25, 0.3) is 0 Å². The topological polar surface area (TPSA) is 75.4 Å². The van der Waals surface area contributed by atoms with Crippen molar-refractivity contribution in [2.45, 2.75) is 32.2 Å². The third kappa shape index (κ3) is 4.73. The molecule has 4 N–H and O–H groups in total. The minimum Gasteiger partial charge on any atom is -0.505 e. The van der Waals surface area contributed by atoms with Gasteiger partial charge in [-0.1, -0.05) is 36.5 Å². The van der Waals surface area contributed by atoms with Gasteiger partial charge in [-0.05, 0) is 25.5 Å². The van der Waals surface area contributed by atoms with Crippen molar-refractivity contribution in [3.63, 3.8) is 0 Å². The Hall–Kier alpha value is -0.680. The molecule has 0 aliphatic rings. The van der Waals surface area contributed by atoms with Gasteiger partial charge in [0.1, 0.15) is 0 Å². The first-order valence-corrected chi connectivity index (χ1v) is 6.32. The van der Waals surface area contributed by atoms with Crippen LogP contribution in [-0.2, 0) is 4.79 Å². The van der Waals surface area contributed by atoms with Crippen LogP contribution in [0.2, 0.25) is 10.0 Å². The summed E-state index contributed by atoms with van der Waals surface area (Å²) in [5, 5.41) is 12.2. The molecule has 0 heterocycles. The third-order valence-electron chi connectivity index (χ3n) is 2.56. The van der Waals surface area contributed by atoms with E-state index in [1.807, 2.05) is 6.92 Å². The van der Waals surface area contributed by atoms with Crippen molar-refractivity contribution >= 4 is 47.2 Å². The van der Waals surface area contributed by atoms with E-state index in [-0.39, 0.29) is 34.1 Å². The maximum Gasteiger partial charge on any atom is 0.244 e. The molecular formula is C12H17Cl3N2O2. The largest absolute Gasteiger partial charge is 0.505 e. The van der Waals surface area contributed by atoms with Crippen molar-refractivity contribution in [2.75, 3.05) is 5.32 Å². The number of benzene rings is 1. The normalized spacial score (nSPS) is 13.3. The summed E-state index contributed by atoms with van der Waals surface area (Å²) in [6.45, 7) is 3.61. The first kappa shape index (κ1) is 18.3. The van der Waals surface area contributed by atoms with Gasteiger partial charge in [0, 0.05) is 5.69 Å². The molecule has 1 rings (SSSR count). The van der Waals surface area contributed by atoms with Crippen molar-refractivity contribution in [3.05, 3.63) is 22.2 Å². The summed E-state index contributed by atoms with van der Waals surface area (Å²) in [6, 6.07) is 2.84. The van der Waals surface area contributed by atoms with E-state index in [0.29, 0.717) is 12.1 Å². The summed E-state index contributed by atoms with van der Waals surface area (Å²) in [7, 11) is 0. The SMILES string of the molecule is CCCC(C)(N)C(=O)Nc1cc(Cl)c(O)c(Cl)c1.Cl. The van der Waals surface area contributed by atoms with E-state index in [2.05, 4.69) is 5.32 Å². The average molecular weight is 328 g/mol. The minimum atomic E-state index is -0.953. The van der Waals surface area contributed by atoms with E-state index >= 15 is 0 Å². The summed E-state index contributed by atoms with van der Waals surface area (Å²) in [5.74, 6) is -0.525. The monoisotopic (exact) mass is 326 g/mol. The number of carbonyl (C=O) groups excluding carboxylic acids is 1. The molecule has 1 aromatic carbocycles. The van der Waals surface area contributed by atoms with Gasteiger partial charge in [-0.2, -0.15) is 0 Å². The number of phenolic OH excluding ortho intramolecular Hbond substituents is 1. The molecule has 0 saturated heterocycles. The number of hydrogen-bond acceptors (Lipinski definition) is 3. The van der Waals surface area contributed by atoms with Crippen LogP contribution in [0.4, 0.5) is 5.69 Å². The van der Waals surface area contributed by atoms with Crippen molar-refractivity contribution in [1.29, 1.82) is 0 Å². The van der Waals surface area contributed by atoms with Crippen molar-refractivity contribution in [1.82, 2.24) is 0 Å². The van der Waals surface area contributed by atoms with E-state index < -0.39 is 5.54 Å². The van der Waals surface area contributed by atoms with Crippen LogP contribution in [0.25, 0.3) is 0 Å². The van der Waals surface area contributed by atoms with Crippen molar-refractivity contribution < 1.29 is 9.90 Å². The molecule has 4 nitrogen and oxygen atoms in total. The predicted molar refractivity (Wildman–Crippen MR) is 81.5 cm³/mol. The molecule has 0 spiro atoms. The van der Waals surface area contributed by atoms with Gasteiger partial charge < -0.3 is 16.2 Å². The van der Waals surface area contributed by atoms with E-state index in [9.17, 15) is 9.90 Å². The highest BCUT2D eigenvalue weighted by Gasteiger charge is 2.27. The van der Waals surface area contributed by atoms with Crippen LogP contribution in [0.5, 0.6) is 5.75 Å². The summed E-state index contributed by atoms with van der Waals surface area (Å²) in [6.07, 6.45) is 1.37. The van der Waals surface area contributed by atoms with E-state index in [1.165, 1.54) is 12.1 Å². The lowest BCUT2D eigenvalue weighted by molar-refractivity contribution is -0.120. The maximum absolute atomic E-state index is 11.9. The predicted octanol–water partition coefficient (Wildman–Crippen LogP) is 3.58. The number of anilines is 1. The Morgan fingerprint density at radius 2 is 1.89 bits per heavy atom. The fourth-order valence-corrected chi connectivity index (χ4v) is 2.03. The second-order valence-corrected chi connectivity index (χ2v) is 5.22. The Morgan fingerprint density at radius 3 is 2.32 bits per heavy atom.